The van der Waals surface area contributed by atoms with Crippen molar-refractivity contribution in [3.05, 3.63) is 29.8 Å². The van der Waals surface area contributed by atoms with Gasteiger partial charge in [-0.15, -0.1) is 0 Å². The zero-order valence-electron chi connectivity index (χ0n) is 15.7. The molecule has 1 heterocycles. The lowest BCUT2D eigenvalue weighted by molar-refractivity contribution is -0.147. The number of sulfone groups is 1. The van der Waals surface area contributed by atoms with Crippen LogP contribution in [0.5, 0.6) is 0 Å². The number of nitrogens with zero attached hydrogens (tertiary/aromatic N) is 1. The molecular formula is C20H29NO4S. The zero-order valence-corrected chi connectivity index (χ0v) is 16.5. The predicted molar refractivity (Wildman–Crippen MR) is 101 cm³/mol. The summed E-state index contributed by atoms with van der Waals surface area (Å²) >= 11 is 0. The van der Waals surface area contributed by atoms with Gasteiger partial charge in [-0.05, 0) is 42.9 Å². The summed E-state index contributed by atoms with van der Waals surface area (Å²) in [6.45, 7) is 3.53. The van der Waals surface area contributed by atoms with Gasteiger partial charge >= 0.3 is 0 Å². The van der Waals surface area contributed by atoms with Crippen molar-refractivity contribution in [1.29, 1.82) is 0 Å². The Morgan fingerprint density at radius 2 is 1.88 bits per heavy atom. The molecule has 1 saturated carbocycles. The standard InChI is InChI=1S/C20H29NO4S/c1-3-4-5-17-13-21(14-19(25-17)16-8-9-16)20(22)12-15-6-10-18(11-7-15)26(2,23)24/h6-7,10-11,16-17,19H,3-5,8-9,12-14H2,1-2H3/t17-,19-/m1/s1. The van der Waals surface area contributed by atoms with Crippen molar-refractivity contribution in [1.82, 2.24) is 4.90 Å². The van der Waals surface area contributed by atoms with Crippen LogP contribution in [0.1, 0.15) is 44.6 Å². The van der Waals surface area contributed by atoms with Crippen LogP contribution in [0.3, 0.4) is 0 Å². The minimum Gasteiger partial charge on any atom is -0.371 e. The Hall–Kier alpha value is -1.40. The third kappa shape index (κ3) is 5.07. The van der Waals surface area contributed by atoms with Gasteiger partial charge in [-0.2, -0.15) is 0 Å². The summed E-state index contributed by atoms with van der Waals surface area (Å²) in [5.74, 6) is 0.719. The summed E-state index contributed by atoms with van der Waals surface area (Å²) in [5, 5.41) is 0. The van der Waals surface area contributed by atoms with E-state index in [4.69, 9.17) is 4.74 Å². The van der Waals surface area contributed by atoms with Crippen LogP contribution in [0.25, 0.3) is 0 Å². The van der Waals surface area contributed by atoms with Gasteiger partial charge in [-0.25, -0.2) is 8.42 Å². The van der Waals surface area contributed by atoms with E-state index in [0.29, 0.717) is 25.4 Å². The molecule has 6 heteroatoms. The van der Waals surface area contributed by atoms with Crippen LogP contribution in [-0.4, -0.2) is 50.8 Å². The van der Waals surface area contributed by atoms with Gasteiger partial charge in [0.05, 0.1) is 23.5 Å². The number of unbranched alkanes of at least 4 members (excludes halogenated alkanes) is 1. The summed E-state index contributed by atoms with van der Waals surface area (Å²) in [6.07, 6.45) is 7.50. The molecule has 26 heavy (non-hydrogen) atoms. The van der Waals surface area contributed by atoms with Gasteiger partial charge in [0.1, 0.15) is 0 Å². The predicted octanol–water partition coefficient (Wildman–Crippen LogP) is 2.83. The van der Waals surface area contributed by atoms with Crippen molar-refractivity contribution >= 4 is 15.7 Å². The van der Waals surface area contributed by atoms with Crippen molar-refractivity contribution in [2.45, 2.75) is 62.6 Å². The van der Waals surface area contributed by atoms with Crippen molar-refractivity contribution in [2.75, 3.05) is 19.3 Å². The first-order valence-electron chi connectivity index (χ1n) is 9.59. The number of hydrogen-bond donors (Lipinski definition) is 0. The van der Waals surface area contributed by atoms with E-state index in [1.807, 2.05) is 4.90 Å². The van der Waals surface area contributed by atoms with E-state index in [1.165, 1.54) is 19.1 Å². The van der Waals surface area contributed by atoms with E-state index in [1.54, 1.807) is 24.3 Å². The van der Waals surface area contributed by atoms with Crippen LogP contribution in [0.4, 0.5) is 0 Å². The summed E-state index contributed by atoms with van der Waals surface area (Å²) in [5.41, 5.74) is 0.849. The maximum absolute atomic E-state index is 12.8. The number of morpholine rings is 1. The molecule has 1 aliphatic heterocycles. The fraction of sp³-hybridized carbons (Fsp3) is 0.650. The molecule has 0 aromatic heterocycles. The van der Waals surface area contributed by atoms with Crippen LogP contribution >= 0.6 is 0 Å². The first kappa shape index (κ1) is 19.4. The lowest BCUT2D eigenvalue weighted by Gasteiger charge is -2.38. The molecule has 1 aromatic rings. The molecule has 0 N–H and O–H groups in total. The zero-order chi connectivity index (χ0) is 18.7. The minimum atomic E-state index is -3.21. The number of amides is 1. The summed E-state index contributed by atoms with van der Waals surface area (Å²) in [7, 11) is -3.21. The summed E-state index contributed by atoms with van der Waals surface area (Å²) in [6, 6.07) is 6.63. The van der Waals surface area contributed by atoms with Crippen LogP contribution in [0.2, 0.25) is 0 Å². The summed E-state index contributed by atoms with van der Waals surface area (Å²) in [4.78, 5) is 15.1. The van der Waals surface area contributed by atoms with E-state index < -0.39 is 9.84 Å². The summed E-state index contributed by atoms with van der Waals surface area (Å²) < 4.78 is 29.3. The molecule has 0 unspecified atom stereocenters. The number of carbonyl (C=O) groups excluding carboxylic acids is 1. The first-order valence-corrected chi connectivity index (χ1v) is 11.5. The molecule has 0 bridgehead atoms. The molecule has 2 atom stereocenters. The first-order chi connectivity index (χ1) is 12.4. The topological polar surface area (TPSA) is 63.7 Å². The molecule has 0 radical (unpaired) electrons. The largest absolute Gasteiger partial charge is 0.371 e. The highest BCUT2D eigenvalue weighted by molar-refractivity contribution is 7.90. The minimum absolute atomic E-state index is 0.104. The van der Waals surface area contributed by atoms with E-state index in [9.17, 15) is 13.2 Å². The Labute approximate surface area is 156 Å². The van der Waals surface area contributed by atoms with Crippen LogP contribution in [-0.2, 0) is 25.8 Å². The molecule has 3 rings (SSSR count). The van der Waals surface area contributed by atoms with Crippen molar-refractivity contribution < 1.29 is 17.9 Å². The monoisotopic (exact) mass is 379 g/mol. The molecular weight excluding hydrogens is 350 g/mol. The number of ether oxygens (including phenoxy) is 1. The van der Waals surface area contributed by atoms with Gasteiger partial charge in [-0.1, -0.05) is 31.9 Å². The number of rotatable bonds is 7. The van der Waals surface area contributed by atoms with Gasteiger partial charge in [0.15, 0.2) is 9.84 Å². The second kappa shape index (κ2) is 8.09. The third-order valence-corrected chi connectivity index (χ3v) is 6.41. The van der Waals surface area contributed by atoms with E-state index in [2.05, 4.69) is 6.92 Å². The number of carbonyl (C=O) groups is 1. The second-order valence-electron chi connectivity index (χ2n) is 7.67. The SMILES string of the molecule is CCCC[C@@H]1CN(C(=O)Cc2ccc(S(C)(=O)=O)cc2)C[C@H](C2CC2)O1. The highest BCUT2D eigenvalue weighted by Crippen LogP contribution is 2.37. The van der Waals surface area contributed by atoms with Crippen LogP contribution < -0.4 is 0 Å². The Kier molecular flexibility index (Phi) is 6.03. The molecule has 0 spiro atoms. The fourth-order valence-electron chi connectivity index (χ4n) is 3.53. The van der Waals surface area contributed by atoms with Crippen LogP contribution in [0.15, 0.2) is 29.2 Å². The lowest BCUT2D eigenvalue weighted by atomic mass is 10.1. The Bertz CT molecular complexity index is 725. The van der Waals surface area contributed by atoms with Crippen molar-refractivity contribution in [2.24, 2.45) is 5.92 Å². The molecule has 1 saturated heterocycles. The average molecular weight is 380 g/mol. The molecule has 2 fully saturated rings. The van der Waals surface area contributed by atoms with Gasteiger partial charge in [0.25, 0.3) is 0 Å². The Morgan fingerprint density at radius 1 is 1.19 bits per heavy atom. The third-order valence-electron chi connectivity index (χ3n) is 5.28. The van der Waals surface area contributed by atoms with Crippen molar-refractivity contribution in [3.63, 3.8) is 0 Å². The van der Waals surface area contributed by atoms with Gasteiger partial charge in [-0.3, -0.25) is 4.79 Å². The van der Waals surface area contributed by atoms with Gasteiger partial charge in [0.2, 0.25) is 5.91 Å². The van der Waals surface area contributed by atoms with Gasteiger partial charge in [0, 0.05) is 19.3 Å². The quantitative estimate of drug-likeness (QED) is 0.731. The Balaban J connectivity index is 1.63. The average Bonchev–Trinajstić information content (AvgIpc) is 3.44. The molecule has 144 valence electrons. The molecule has 2 aliphatic rings. The molecule has 5 nitrogen and oxygen atoms in total. The smallest absolute Gasteiger partial charge is 0.227 e. The molecule has 1 amide bonds. The van der Waals surface area contributed by atoms with E-state index >= 15 is 0 Å². The normalized spacial score (nSPS) is 23.8. The van der Waals surface area contributed by atoms with Crippen molar-refractivity contribution in [3.8, 4) is 0 Å². The maximum atomic E-state index is 12.8. The van der Waals surface area contributed by atoms with E-state index in [-0.39, 0.29) is 23.0 Å². The fourth-order valence-corrected chi connectivity index (χ4v) is 4.17. The number of hydrogen-bond acceptors (Lipinski definition) is 4. The molecule has 1 aliphatic carbocycles. The highest BCUT2D eigenvalue weighted by atomic mass is 32.2. The molecule has 1 aromatic carbocycles. The van der Waals surface area contributed by atoms with Crippen LogP contribution in [0, 0.1) is 5.92 Å². The highest BCUT2D eigenvalue weighted by Gasteiger charge is 2.39. The Morgan fingerprint density at radius 3 is 2.46 bits per heavy atom. The van der Waals surface area contributed by atoms with Gasteiger partial charge < -0.3 is 9.64 Å². The number of benzene rings is 1. The second-order valence-corrected chi connectivity index (χ2v) is 9.68. The lowest BCUT2D eigenvalue weighted by Crippen LogP contribution is -2.51. The van der Waals surface area contributed by atoms with E-state index in [0.717, 1.165) is 24.8 Å². The maximum Gasteiger partial charge on any atom is 0.227 e.